The van der Waals surface area contributed by atoms with Gasteiger partial charge in [-0.3, -0.25) is 9.99 Å². The third-order valence-electron chi connectivity index (χ3n) is 2.35. The third kappa shape index (κ3) is 2.11. The molecule has 1 fully saturated rings. The smallest absolute Gasteiger partial charge is 0.270 e. The molecular formula is C9H14N4O. The minimum atomic E-state index is -0.135. The summed E-state index contributed by atoms with van der Waals surface area (Å²) < 4.78 is 1.44. The molecule has 0 bridgehead atoms. The molecule has 1 aliphatic heterocycles. The summed E-state index contributed by atoms with van der Waals surface area (Å²) in [5.74, 6) is 0. The van der Waals surface area contributed by atoms with E-state index in [-0.39, 0.29) is 6.03 Å². The first-order valence-electron chi connectivity index (χ1n) is 4.90. The number of carbonyl (C=O) groups excluding carboxylic acids is 1. The molecule has 1 N–H and O–H groups in total. The molecule has 0 atom stereocenters. The summed E-state index contributed by atoms with van der Waals surface area (Å²) in [6.45, 7) is 1.89. The monoisotopic (exact) mass is 194 g/mol. The second-order valence-electron chi connectivity index (χ2n) is 3.43. The first-order chi connectivity index (χ1) is 6.86. The summed E-state index contributed by atoms with van der Waals surface area (Å²) in [7, 11) is 0. The fourth-order valence-corrected chi connectivity index (χ4v) is 1.58. The van der Waals surface area contributed by atoms with Crippen molar-refractivity contribution in [2.24, 2.45) is 0 Å². The number of amides is 1. The van der Waals surface area contributed by atoms with Crippen molar-refractivity contribution >= 4 is 6.03 Å². The Labute approximate surface area is 82.7 Å². The van der Waals surface area contributed by atoms with Gasteiger partial charge >= 0.3 is 6.03 Å². The van der Waals surface area contributed by atoms with Crippen LogP contribution in [0.25, 0.3) is 0 Å². The largest absolute Gasteiger partial charge is 0.341 e. The second-order valence-corrected chi connectivity index (χ2v) is 3.43. The van der Waals surface area contributed by atoms with Gasteiger partial charge in [-0.05, 0) is 12.8 Å². The highest BCUT2D eigenvalue weighted by molar-refractivity contribution is 5.75. The molecule has 1 amide bonds. The Morgan fingerprint density at radius 2 is 2.07 bits per heavy atom. The molecule has 2 rings (SSSR count). The summed E-state index contributed by atoms with van der Waals surface area (Å²) in [6, 6.07) is -0.135. The predicted molar refractivity (Wildman–Crippen MR) is 51.6 cm³/mol. The van der Waals surface area contributed by atoms with Crippen LogP contribution in [0.1, 0.15) is 19.3 Å². The summed E-state index contributed by atoms with van der Waals surface area (Å²) in [6.07, 6.45) is 8.31. The molecule has 0 radical (unpaired) electrons. The number of nitrogens with one attached hydrogen (secondary N) is 1. The van der Waals surface area contributed by atoms with Gasteiger partial charge in [-0.25, -0.2) is 14.8 Å². The number of hydrogen-bond donors (Lipinski definition) is 1. The maximum absolute atomic E-state index is 11.5. The average Bonchev–Trinajstić information content (AvgIpc) is 2.72. The van der Waals surface area contributed by atoms with E-state index in [2.05, 4.69) is 10.4 Å². The van der Waals surface area contributed by atoms with E-state index >= 15 is 0 Å². The maximum atomic E-state index is 11.5. The highest BCUT2D eigenvalue weighted by atomic mass is 16.2. The van der Waals surface area contributed by atoms with Gasteiger partial charge in [-0.2, -0.15) is 0 Å². The molecule has 5 heteroatoms. The number of rotatable bonds is 1. The van der Waals surface area contributed by atoms with Crippen molar-refractivity contribution in [2.75, 3.05) is 13.1 Å². The van der Waals surface area contributed by atoms with Crippen LogP contribution < -0.4 is 5.43 Å². The van der Waals surface area contributed by atoms with Crippen molar-refractivity contribution in [2.45, 2.75) is 19.3 Å². The molecule has 1 aliphatic rings. The van der Waals surface area contributed by atoms with Crippen molar-refractivity contribution in [1.29, 1.82) is 0 Å². The van der Waals surface area contributed by atoms with Gasteiger partial charge in [0.25, 0.3) is 0 Å². The normalized spacial score (nSPS) is 18.0. The van der Waals surface area contributed by atoms with E-state index in [1.165, 1.54) is 17.3 Å². The first kappa shape index (κ1) is 9.21. The lowest BCUT2D eigenvalue weighted by molar-refractivity contribution is 0.155. The number of piperidine rings is 1. The Morgan fingerprint density at radius 3 is 2.71 bits per heavy atom. The van der Waals surface area contributed by atoms with E-state index in [1.807, 2.05) is 5.01 Å². The van der Waals surface area contributed by atoms with E-state index in [4.69, 9.17) is 0 Å². The Kier molecular flexibility index (Phi) is 2.78. The lowest BCUT2D eigenvalue weighted by atomic mass is 10.2. The molecule has 5 nitrogen and oxygen atoms in total. The van der Waals surface area contributed by atoms with Crippen LogP contribution in [0.15, 0.2) is 18.7 Å². The van der Waals surface area contributed by atoms with Gasteiger partial charge in [-0.1, -0.05) is 6.42 Å². The SMILES string of the molecule is O=C(NN1CCCCC1)n1ccnc1. The summed E-state index contributed by atoms with van der Waals surface area (Å²) >= 11 is 0. The molecule has 1 aromatic rings. The number of hydrazine groups is 1. The van der Waals surface area contributed by atoms with Crippen molar-refractivity contribution < 1.29 is 4.79 Å². The zero-order chi connectivity index (χ0) is 9.80. The van der Waals surface area contributed by atoms with E-state index in [0.29, 0.717) is 0 Å². The Balaban J connectivity index is 1.87. The van der Waals surface area contributed by atoms with E-state index in [9.17, 15) is 4.79 Å². The van der Waals surface area contributed by atoms with Gasteiger partial charge in [0.15, 0.2) is 0 Å². The minimum Gasteiger partial charge on any atom is -0.270 e. The van der Waals surface area contributed by atoms with Crippen molar-refractivity contribution in [3.05, 3.63) is 18.7 Å². The van der Waals surface area contributed by atoms with Crippen molar-refractivity contribution in [3.63, 3.8) is 0 Å². The minimum absolute atomic E-state index is 0.135. The third-order valence-corrected chi connectivity index (χ3v) is 2.35. The fourth-order valence-electron chi connectivity index (χ4n) is 1.58. The zero-order valence-corrected chi connectivity index (χ0v) is 8.02. The Morgan fingerprint density at radius 1 is 1.29 bits per heavy atom. The van der Waals surface area contributed by atoms with Gasteiger partial charge in [0.05, 0.1) is 0 Å². The molecular weight excluding hydrogens is 180 g/mol. The van der Waals surface area contributed by atoms with Crippen molar-refractivity contribution in [1.82, 2.24) is 20.0 Å². The number of carbonyl (C=O) groups is 1. The van der Waals surface area contributed by atoms with Crippen LogP contribution in [0.2, 0.25) is 0 Å². The summed E-state index contributed by atoms with van der Waals surface area (Å²) in [5.41, 5.74) is 2.84. The lowest BCUT2D eigenvalue weighted by Crippen LogP contribution is -2.46. The van der Waals surface area contributed by atoms with Gasteiger partial charge in [0.1, 0.15) is 6.33 Å². The lowest BCUT2D eigenvalue weighted by Gasteiger charge is -2.26. The maximum Gasteiger partial charge on any atom is 0.341 e. The molecule has 1 aromatic heterocycles. The number of hydrogen-bond acceptors (Lipinski definition) is 3. The quantitative estimate of drug-likeness (QED) is 0.720. The topological polar surface area (TPSA) is 50.2 Å². The van der Waals surface area contributed by atoms with E-state index in [0.717, 1.165) is 25.9 Å². The Hall–Kier alpha value is -1.36. The fraction of sp³-hybridized carbons (Fsp3) is 0.556. The molecule has 14 heavy (non-hydrogen) atoms. The first-order valence-corrected chi connectivity index (χ1v) is 4.90. The molecule has 1 saturated heterocycles. The standard InChI is InChI=1S/C9H14N4O/c14-9(12-7-4-10-8-12)11-13-5-2-1-3-6-13/h4,7-8H,1-3,5-6H2,(H,11,14). The second kappa shape index (κ2) is 4.23. The zero-order valence-electron chi connectivity index (χ0n) is 8.02. The number of imidazole rings is 1. The van der Waals surface area contributed by atoms with Gasteiger partial charge in [-0.15, -0.1) is 0 Å². The molecule has 0 unspecified atom stereocenters. The Bertz CT molecular complexity index is 290. The highest BCUT2D eigenvalue weighted by Crippen LogP contribution is 2.05. The van der Waals surface area contributed by atoms with Crippen LogP contribution in [0.4, 0.5) is 4.79 Å². The van der Waals surface area contributed by atoms with Crippen molar-refractivity contribution in [3.8, 4) is 0 Å². The number of aromatic nitrogens is 2. The molecule has 0 spiro atoms. The molecule has 76 valence electrons. The highest BCUT2D eigenvalue weighted by Gasteiger charge is 2.12. The van der Waals surface area contributed by atoms with Crippen LogP contribution in [0.5, 0.6) is 0 Å². The molecule has 0 saturated carbocycles. The molecule has 2 heterocycles. The van der Waals surface area contributed by atoms with Gasteiger partial charge in [0, 0.05) is 25.5 Å². The number of nitrogens with zero attached hydrogens (tertiary/aromatic N) is 3. The van der Waals surface area contributed by atoms with Crippen LogP contribution in [0, 0.1) is 0 Å². The van der Waals surface area contributed by atoms with E-state index in [1.54, 1.807) is 12.4 Å². The predicted octanol–water partition coefficient (Wildman–Crippen LogP) is 0.842. The van der Waals surface area contributed by atoms with Gasteiger partial charge < -0.3 is 0 Å². The molecule has 0 aliphatic carbocycles. The summed E-state index contributed by atoms with van der Waals surface area (Å²) in [5, 5.41) is 1.96. The van der Waals surface area contributed by atoms with E-state index < -0.39 is 0 Å². The van der Waals surface area contributed by atoms with Crippen LogP contribution in [-0.2, 0) is 0 Å². The summed E-state index contributed by atoms with van der Waals surface area (Å²) in [4.78, 5) is 15.4. The van der Waals surface area contributed by atoms with Crippen LogP contribution in [0.3, 0.4) is 0 Å². The molecule has 0 aromatic carbocycles. The van der Waals surface area contributed by atoms with Crippen LogP contribution in [-0.4, -0.2) is 33.7 Å². The van der Waals surface area contributed by atoms with Gasteiger partial charge in [0.2, 0.25) is 0 Å². The van der Waals surface area contributed by atoms with Crippen LogP contribution >= 0.6 is 0 Å². The average molecular weight is 194 g/mol.